The fourth-order valence-electron chi connectivity index (χ4n) is 1.71. The Labute approximate surface area is 106 Å². The molecule has 1 aliphatic rings. The number of thiophene rings is 1. The van der Waals surface area contributed by atoms with Gasteiger partial charge in [-0.15, -0.1) is 23.7 Å². The molecular weight excluding hydrogens is 268 g/mol. The van der Waals surface area contributed by atoms with E-state index >= 15 is 0 Å². The third-order valence-electron chi connectivity index (χ3n) is 2.58. The third kappa shape index (κ3) is 2.41. The first-order valence-corrected chi connectivity index (χ1v) is 7.13. The average Bonchev–Trinajstić information content (AvgIpc) is 2.74. The molecule has 4 nitrogen and oxygen atoms in total. The van der Waals surface area contributed by atoms with Crippen LogP contribution in [0.15, 0.2) is 15.7 Å². The Morgan fingerprint density at radius 3 is 2.69 bits per heavy atom. The average molecular weight is 283 g/mol. The van der Waals surface area contributed by atoms with Crippen LogP contribution in [-0.4, -0.2) is 31.9 Å². The molecule has 92 valence electrons. The molecular formula is C9H15ClN2O2S2. The Balaban J connectivity index is 0.00000128. The van der Waals surface area contributed by atoms with Gasteiger partial charge in [0, 0.05) is 19.1 Å². The highest BCUT2D eigenvalue weighted by Crippen LogP contribution is 2.27. The van der Waals surface area contributed by atoms with Crippen molar-refractivity contribution in [3.63, 3.8) is 0 Å². The lowest BCUT2D eigenvalue weighted by Crippen LogP contribution is -2.31. The van der Waals surface area contributed by atoms with Gasteiger partial charge in [0.1, 0.15) is 4.21 Å². The molecule has 7 heteroatoms. The summed E-state index contributed by atoms with van der Waals surface area (Å²) in [5.41, 5.74) is 6.53. The number of halogens is 1. The minimum absolute atomic E-state index is 0. The first kappa shape index (κ1) is 13.9. The number of hydrogen-bond donors (Lipinski definition) is 1. The number of nitrogens with two attached hydrogens (primary N) is 1. The molecule has 0 bridgehead atoms. The number of aryl methyl sites for hydroxylation is 1. The lowest BCUT2D eigenvalue weighted by molar-refractivity contribution is 0.474. The van der Waals surface area contributed by atoms with E-state index in [1.165, 1.54) is 15.6 Å². The fourth-order valence-corrected chi connectivity index (χ4v) is 4.77. The van der Waals surface area contributed by atoms with Crippen LogP contribution >= 0.6 is 23.7 Å². The Hall–Kier alpha value is -0.140. The van der Waals surface area contributed by atoms with Crippen molar-refractivity contribution in [1.29, 1.82) is 0 Å². The largest absolute Gasteiger partial charge is 0.326 e. The maximum atomic E-state index is 12.1. The van der Waals surface area contributed by atoms with E-state index in [2.05, 4.69) is 0 Å². The van der Waals surface area contributed by atoms with E-state index in [1.807, 2.05) is 13.0 Å². The summed E-state index contributed by atoms with van der Waals surface area (Å²) in [4.78, 5) is 0. The van der Waals surface area contributed by atoms with Crippen LogP contribution in [0.5, 0.6) is 0 Å². The Bertz CT molecular complexity index is 458. The van der Waals surface area contributed by atoms with Gasteiger partial charge in [-0.25, -0.2) is 8.42 Å². The van der Waals surface area contributed by atoms with Gasteiger partial charge >= 0.3 is 0 Å². The molecule has 2 N–H and O–H groups in total. The van der Waals surface area contributed by atoms with Crippen LogP contribution in [0, 0.1) is 6.92 Å². The minimum Gasteiger partial charge on any atom is -0.326 e. The predicted molar refractivity (Wildman–Crippen MR) is 67.7 cm³/mol. The van der Waals surface area contributed by atoms with Crippen LogP contribution in [0.25, 0.3) is 0 Å². The Morgan fingerprint density at radius 2 is 2.25 bits per heavy atom. The summed E-state index contributed by atoms with van der Waals surface area (Å²) in [6.07, 6.45) is 0.754. The maximum Gasteiger partial charge on any atom is 0.252 e. The summed E-state index contributed by atoms with van der Waals surface area (Å²) in [6, 6.07) is 1.81. The molecule has 1 aromatic rings. The third-order valence-corrected chi connectivity index (χ3v) is 6.11. The zero-order valence-corrected chi connectivity index (χ0v) is 11.4. The maximum absolute atomic E-state index is 12.1. The van der Waals surface area contributed by atoms with Crippen molar-refractivity contribution in [3.05, 3.63) is 17.0 Å². The number of rotatable bonds is 2. The SMILES string of the molecule is Cc1ccsc1S(=O)(=O)N1CC[C@H](N)C1.Cl. The molecule has 0 aliphatic carbocycles. The molecule has 1 saturated heterocycles. The fraction of sp³-hybridized carbons (Fsp3) is 0.556. The molecule has 0 unspecified atom stereocenters. The number of nitrogens with zero attached hydrogens (tertiary/aromatic N) is 1. The summed E-state index contributed by atoms with van der Waals surface area (Å²) >= 11 is 1.27. The molecule has 1 aliphatic heterocycles. The van der Waals surface area contributed by atoms with Gasteiger partial charge in [-0.3, -0.25) is 0 Å². The van der Waals surface area contributed by atoms with Crippen LogP contribution < -0.4 is 5.73 Å². The van der Waals surface area contributed by atoms with Crippen LogP contribution in [0.1, 0.15) is 12.0 Å². The topological polar surface area (TPSA) is 63.4 Å². The second-order valence-electron chi connectivity index (χ2n) is 3.80. The Morgan fingerprint density at radius 1 is 1.56 bits per heavy atom. The second kappa shape index (κ2) is 5.01. The summed E-state index contributed by atoms with van der Waals surface area (Å²) in [5.74, 6) is 0. The molecule has 0 spiro atoms. The molecule has 0 radical (unpaired) electrons. The highest BCUT2D eigenvalue weighted by Gasteiger charge is 2.32. The Kier molecular flexibility index (Phi) is 4.36. The van der Waals surface area contributed by atoms with Gasteiger partial charge in [-0.2, -0.15) is 4.31 Å². The van der Waals surface area contributed by atoms with Crippen LogP contribution in [0.2, 0.25) is 0 Å². The van der Waals surface area contributed by atoms with E-state index < -0.39 is 10.0 Å². The van der Waals surface area contributed by atoms with Crippen molar-refractivity contribution in [1.82, 2.24) is 4.31 Å². The van der Waals surface area contributed by atoms with Gasteiger partial charge in [0.2, 0.25) is 0 Å². The summed E-state index contributed by atoms with van der Waals surface area (Å²) in [5, 5.41) is 1.80. The monoisotopic (exact) mass is 282 g/mol. The van der Waals surface area contributed by atoms with Gasteiger partial charge in [0.05, 0.1) is 0 Å². The lowest BCUT2D eigenvalue weighted by Gasteiger charge is -2.15. The zero-order chi connectivity index (χ0) is 11.1. The number of sulfonamides is 1. The zero-order valence-electron chi connectivity index (χ0n) is 8.92. The number of hydrogen-bond acceptors (Lipinski definition) is 4. The second-order valence-corrected chi connectivity index (χ2v) is 6.85. The molecule has 0 saturated carbocycles. The van der Waals surface area contributed by atoms with Crippen molar-refractivity contribution in [2.75, 3.05) is 13.1 Å². The molecule has 1 atom stereocenters. The summed E-state index contributed by atoms with van der Waals surface area (Å²) in [6.45, 7) is 2.81. The van der Waals surface area contributed by atoms with Crippen LogP contribution in [-0.2, 0) is 10.0 Å². The molecule has 2 heterocycles. The smallest absolute Gasteiger partial charge is 0.252 e. The lowest BCUT2D eigenvalue weighted by atomic mass is 10.3. The van der Waals surface area contributed by atoms with E-state index in [9.17, 15) is 8.42 Å². The van der Waals surface area contributed by atoms with Gasteiger partial charge in [0.15, 0.2) is 0 Å². The van der Waals surface area contributed by atoms with Crippen molar-refractivity contribution in [2.24, 2.45) is 5.73 Å². The normalized spacial score (nSPS) is 22.0. The summed E-state index contributed by atoms with van der Waals surface area (Å²) in [7, 11) is -3.29. The van der Waals surface area contributed by atoms with Crippen molar-refractivity contribution < 1.29 is 8.42 Å². The van der Waals surface area contributed by atoms with Crippen molar-refractivity contribution in [3.8, 4) is 0 Å². The van der Waals surface area contributed by atoms with Crippen LogP contribution in [0.3, 0.4) is 0 Å². The van der Waals surface area contributed by atoms with Gasteiger partial charge < -0.3 is 5.73 Å². The molecule has 0 amide bonds. The van der Waals surface area contributed by atoms with Crippen molar-refractivity contribution in [2.45, 2.75) is 23.6 Å². The highest BCUT2D eigenvalue weighted by atomic mass is 35.5. The van der Waals surface area contributed by atoms with Gasteiger partial charge in [-0.05, 0) is 30.4 Å². The molecule has 1 fully saturated rings. The van der Waals surface area contributed by atoms with E-state index in [-0.39, 0.29) is 18.4 Å². The molecule has 16 heavy (non-hydrogen) atoms. The molecule has 2 rings (SSSR count). The van der Waals surface area contributed by atoms with E-state index in [1.54, 1.807) is 5.38 Å². The van der Waals surface area contributed by atoms with E-state index in [4.69, 9.17) is 5.73 Å². The van der Waals surface area contributed by atoms with E-state index in [0.717, 1.165) is 12.0 Å². The standard InChI is InChI=1S/C9H14N2O2S2.ClH/c1-7-3-5-14-9(7)15(12,13)11-4-2-8(10)6-11;/h3,5,8H,2,4,6,10H2,1H3;1H/t8-;/m0./s1. The summed E-state index contributed by atoms with van der Waals surface area (Å²) < 4.78 is 26.2. The molecule has 0 aromatic carbocycles. The minimum atomic E-state index is -3.29. The van der Waals surface area contributed by atoms with Crippen LogP contribution in [0.4, 0.5) is 0 Å². The quantitative estimate of drug-likeness (QED) is 0.887. The van der Waals surface area contributed by atoms with Gasteiger partial charge in [-0.1, -0.05) is 0 Å². The van der Waals surface area contributed by atoms with Crippen molar-refractivity contribution >= 4 is 33.8 Å². The first-order valence-electron chi connectivity index (χ1n) is 4.81. The highest BCUT2D eigenvalue weighted by molar-refractivity contribution is 7.91. The predicted octanol–water partition coefficient (Wildman–Crippen LogP) is 1.20. The first-order chi connectivity index (χ1) is 7.01. The van der Waals surface area contributed by atoms with Gasteiger partial charge in [0.25, 0.3) is 10.0 Å². The molecule has 1 aromatic heterocycles. The van der Waals surface area contributed by atoms with E-state index in [0.29, 0.717) is 17.3 Å².